The number of ketones is 2. The summed E-state index contributed by atoms with van der Waals surface area (Å²) in [7, 11) is -4.06. The minimum Gasteiger partial charge on any atom is -0.298 e. The number of hydrazine groups is 1. The first-order chi connectivity index (χ1) is 13.1. The van der Waals surface area contributed by atoms with E-state index in [9.17, 15) is 27.2 Å². The quantitative estimate of drug-likeness (QED) is 0.566. The van der Waals surface area contributed by atoms with Crippen molar-refractivity contribution < 1.29 is 27.2 Å². The number of carbonyl (C=O) groups is 3. The van der Waals surface area contributed by atoms with Crippen molar-refractivity contribution in [3.05, 3.63) is 30.1 Å². The zero-order valence-electron chi connectivity index (χ0n) is 15.7. The fourth-order valence-corrected chi connectivity index (χ4v) is 4.31. The van der Waals surface area contributed by atoms with Gasteiger partial charge in [0.25, 0.3) is 0 Å². The summed E-state index contributed by atoms with van der Waals surface area (Å²) in [5.74, 6) is -3.76. The van der Waals surface area contributed by atoms with Crippen molar-refractivity contribution in [2.45, 2.75) is 44.0 Å². The molecule has 0 radical (unpaired) electrons. The van der Waals surface area contributed by atoms with Crippen LogP contribution in [0.2, 0.25) is 0 Å². The zero-order valence-corrected chi connectivity index (χ0v) is 16.5. The molecule has 1 aromatic rings. The average Bonchev–Trinajstić information content (AvgIpc) is 2.63. The van der Waals surface area contributed by atoms with Gasteiger partial charge in [0.2, 0.25) is 15.8 Å². The predicted octanol–water partition coefficient (Wildman–Crippen LogP) is 0.688. The zero-order chi connectivity index (χ0) is 20.9. The van der Waals surface area contributed by atoms with Crippen LogP contribution in [-0.4, -0.2) is 38.5 Å². The van der Waals surface area contributed by atoms with Gasteiger partial charge in [-0.25, -0.2) is 23.0 Å². The molecular formula is C18H24FN3O5S. The van der Waals surface area contributed by atoms with Crippen LogP contribution in [0.25, 0.3) is 0 Å². The number of halogens is 1. The van der Waals surface area contributed by atoms with E-state index in [1.165, 1.54) is 0 Å². The lowest BCUT2D eigenvalue weighted by Crippen LogP contribution is -2.48. The van der Waals surface area contributed by atoms with E-state index in [0.717, 1.165) is 24.3 Å². The molecule has 1 saturated heterocycles. The lowest BCUT2D eigenvalue weighted by Gasteiger charge is -2.24. The Morgan fingerprint density at radius 3 is 2.50 bits per heavy atom. The van der Waals surface area contributed by atoms with Crippen molar-refractivity contribution in [2.75, 3.05) is 6.54 Å². The van der Waals surface area contributed by atoms with Gasteiger partial charge in [-0.2, -0.15) is 0 Å². The third-order valence-corrected chi connectivity index (χ3v) is 5.98. The first-order valence-corrected chi connectivity index (χ1v) is 10.5. The summed E-state index contributed by atoms with van der Waals surface area (Å²) < 4.78 is 40.5. The highest BCUT2D eigenvalue weighted by Crippen LogP contribution is 2.19. The van der Waals surface area contributed by atoms with E-state index in [4.69, 9.17) is 0 Å². The monoisotopic (exact) mass is 413 g/mol. The van der Waals surface area contributed by atoms with Crippen LogP contribution >= 0.6 is 0 Å². The van der Waals surface area contributed by atoms with Crippen molar-refractivity contribution in [2.24, 2.45) is 11.8 Å². The van der Waals surface area contributed by atoms with E-state index in [0.29, 0.717) is 19.4 Å². The summed E-state index contributed by atoms with van der Waals surface area (Å²) in [6.07, 6.45) is 0.694. The molecule has 1 fully saturated rings. The second-order valence-electron chi connectivity index (χ2n) is 7.05. The van der Waals surface area contributed by atoms with Crippen LogP contribution in [0.3, 0.4) is 0 Å². The van der Waals surface area contributed by atoms with Gasteiger partial charge in [0.1, 0.15) is 5.82 Å². The van der Waals surface area contributed by atoms with Gasteiger partial charge in [-0.15, -0.1) is 0 Å². The maximum atomic E-state index is 13.0. The van der Waals surface area contributed by atoms with E-state index < -0.39 is 45.3 Å². The Bertz CT molecular complexity index is 839. The first-order valence-electron chi connectivity index (χ1n) is 8.99. The standard InChI is InChI=1S/C18H24FN3O5S/c1-11(2)16(22-28(26,27)14-7-5-13(19)6-8-14)15(23)10-12-4-3-9-20-21-18(25)17(12)24/h5-8,11-12,16,20,22H,3-4,9-10H2,1-2H3,(H,21,25). The highest BCUT2D eigenvalue weighted by atomic mass is 32.2. The Kier molecular flexibility index (Phi) is 7.39. The molecule has 0 saturated carbocycles. The average molecular weight is 413 g/mol. The number of rotatable bonds is 7. The molecule has 10 heteroatoms. The Balaban J connectivity index is 2.16. The minimum atomic E-state index is -4.06. The van der Waals surface area contributed by atoms with Gasteiger partial charge in [-0.3, -0.25) is 19.8 Å². The van der Waals surface area contributed by atoms with Crippen molar-refractivity contribution >= 4 is 27.5 Å². The molecule has 1 aromatic carbocycles. The minimum absolute atomic E-state index is 0.167. The van der Waals surface area contributed by atoms with Crippen molar-refractivity contribution in [3.63, 3.8) is 0 Å². The number of nitrogens with one attached hydrogen (secondary N) is 3. The number of amides is 1. The van der Waals surface area contributed by atoms with Gasteiger partial charge in [-0.05, 0) is 43.0 Å². The van der Waals surface area contributed by atoms with Crippen molar-refractivity contribution in [3.8, 4) is 0 Å². The number of sulfonamides is 1. The van der Waals surface area contributed by atoms with Crippen LogP contribution < -0.4 is 15.6 Å². The van der Waals surface area contributed by atoms with E-state index in [1.54, 1.807) is 13.8 Å². The molecule has 0 aliphatic carbocycles. The molecule has 2 rings (SSSR count). The van der Waals surface area contributed by atoms with Crippen molar-refractivity contribution in [1.29, 1.82) is 0 Å². The molecule has 2 unspecified atom stereocenters. The second-order valence-corrected chi connectivity index (χ2v) is 8.77. The van der Waals surface area contributed by atoms with Gasteiger partial charge in [0.15, 0.2) is 5.78 Å². The molecule has 28 heavy (non-hydrogen) atoms. The van der Waals surface area contributed by atoms with Gasteiger partial charge in [0, 0.05) is 18.9 Å². The fraction of sp³-hybridized carbons (Fsp3) is 0.500. The highest BCUT2D eigenvalue weighted by molar-refractivity contribution is 7.89. The van der Waals surface area contributed by atoms with Crippen LogP contribution in [0.4, 0.5) is 4.39 Å². The predicted molar refractivity (Wildman–Crippen MR) is 98.8 cm³/mol. The topological polar surface area (TPSA) is 121 Å². The van der Waals surface area contributed by atoms with Crippen LogP contribution in [-0.2, 0) is 24.4 Å². The molecule has 154 valence electrons. The molecule has 1 aliphatic rings. The number of carbonyl (C=O) groups excluding carboxylic acids is 3. The molecule has 1 aliphatic heterocycles. The van der Waals surface area contributed by atoms with Crippen LogP contribution in [0.1, 0.15) is 33.1 Å². The molecule has 8 nitrogen and oxygen atoms in total. The lowest BCUT2D eigenvalue weighted by molar-refractivity contribution is -0.142. The number of hydrogen-bond donors (Lipinski definition) is 3. The van der Waals surface area contributed by atoms with Crippen LogP contribution in [0.15, 0.2) is 29.2 Å². The summed E-state index contributed by atoms with van der Waals surface area (Å²) in [5, 5.41) is 0. The Hall–Kier alpha value is -2.17. The van der Waals surface area contributed by atoms with E-state index in [1.807, 2.05) is 0 Å². The summed E-state index contributed by atoms with van der Waals surface area (Å²) >= 11 is 0. The molecule has 0 aromatic heterocycles. The third kappa shape index (κ3) is 5.66. The first kappa shape index (κ1) is 22.1. The summed E-state index contributed by atoms with van der Waals surface area (Å²) in [4.78, 5) is 36.5. The summed E-state index contributed by atoms with van der Waals surface area (Å²) in [5.41, 5.74) is 4.87. The Morgan fingerprint density at radius 1 is 1.25 bits per heavy atom. The number of hydrogen-bond acceptors (Lipinski definition) is 6. The van der Waals surface area contributed by atoms with E-state index in [-0.39, 0.29) is 17.2 Å². The van der Waals surface area contributed by atoms with E-state index >= 15 is 0 Å². The fourth-order valence-electron chi connectivity index (χ4n) is 2.94. The lowest BCUT2D eigenvalue weighted by atomic mass is 9.87. The SMILES string of the molecule is CC(C)C(NS(=O)(=O)c1ccc(F)cc1)C(=O)CC1CCCNNC(=O)C1=O. The largest absolute Gasteiger partial charge is 0.301 e. The maximum absolute atomic E-state index is 13.0. The molecule has 0 spiro atoms. The maximum Gasteiger partial charge on any atom is 0.301 e. The molecule has 3 N–H and O–H groups in total. The van der Waals surface area contributed by atoms with Crippen LogP contribution in [0.5, 0.6) is 0 Å². The smallest absolute Gasteiger partial charge is 0.298 e. The highest BCUT2D eigenvalue weighted by Gasteiger charge is 2.34. The van der Waals surface area contributed by atoms with E-state index in [2.05, 4.69) is 15.6 Å². The number of benzene rings is 1. The summed E-state index contributed by atoms with van der Waals surface area (Å²) in [6.45, 7) is 3.81. The Morgan fingerprint density at radius 2 is 1.89 bits per heavy atom. The van der Waals surface area contributed by atoms with Gasteiger partial charge >= 0.3 is 5.91 Å². The second kappa shape index (κ2) is 9.35. The van der Waals surface area contributed by atoms with Crippen molar-refractivity contribution in [1.82, 2.24) is 15.6 Å². The number of Topliss-reactive ketones (excluding diaryl/α,β-unsaturated/α-hetero) is 2. The van der Waals surface area contributed by atoms with Gasteiger partial charge in [0.05, 0.1) is 10.9 Å². The molecule has 1 heterocycles. The Labute approximate surface area is 163 Å². The van der Waals surface area contributed by atoms with Gasteiger partial charge in [-0.1, -0.05) is 13.8 Å². The summed E-state index contributed by atoms with van der Waals surface area (Å²) in [6, 6.07) is 3.17. The third-order valence-electron chi connectivity index (χ3n) is 4.52. The molecule has 0 bridgehead atoms. The van der Waals surface area contributed by atoms with Crippen LogP contribution in [0, 0.1) is 17.7 Å². The molecule has 1 amide bonds. The molecule has 2 atom stereocenters. The van der Waals surface area contributed by atoms with Gasteiger partial charge < -0.3 is 0 Å². The molecular weight excluding hydrogens is 389 g/mol. The normalized spacial score (nSPS) is 19.6.